The molecule has 15 heavy (non-hydrogen) atoms. The molecule has 0 aliphatic heterocycles. The molecule has 0 radical (unpaired) electrons. The smallest absolute Gasteiger partial charge is 0.225 e. The van der Waals surface area contributed by atoms with E-state index in [0.29, 0.717) is 18.7 Å². The predicted molar refractivity (Wildman–Crippen MR) is 55.1 cm³/mol. The third-order valence-electron chi connectivity index (χ3n) is 3.10. The van der Waals surface area contributed by atoms with E-state index in [0.717, 1.165) is 12.8 Å². The lowest BCUT2D eigenvalue weighted by atomic mass is 9.66. The fraction of sp³-hybridized carbons (Fsp3) is 0.600. The van der Waals surface area contributed by atoms with Gasteiger partial charge in [-0.05, 0) is 24.8 Å². The van der Waals surface area contributed by atoms with Gasteiger partial charge in [-0.25, -0.2) is 0 Å². The lowest BCUT2D eigenvalue weighted by Crippen LogP contribution is -2.40. The van der Waals surface area contributed by atoms with E-state index in [1.165, 1.54) is 18.9 Å². The lowest BCUT2D eigenvalue weighted by Gasteiger charge is -2.40. The SMILES string of the molecule is NCC1(CC(=O)Nc2cnoc2)CCC1. The number of nitrogens with one attached hydrogen (secondary N) is 1. The van der Waals surface area contributed by atoms with Gasteiger partial charge in [-0.1, -0.05) is 11.6 Å². The van der Waals surface area contributed by atoms with E-state index < -0.39 is 0 Å². The zero-order chi connectivity index (χ0) is 10.7. The summed E-state index contributed by atoms with van der Waals surface area (Å²) in [7, 11) is 0. The lowest BCUT2D eigenvalue weighted by molar-refractivity contribution is -0.119. The number of rotatable bonds is 4. The first-order valence-electron chi connectivity index (χ1n) is 5.13. The van der Waals surface area contributed by atoms with E-state index in [9.17, 15) is 4.79 Å². The maximum atomic E-state index is 11.6. The largest absolute Gasteiger partial charge is 0.363 e. The van der Waals surface area contributed by atoms with Crippen LogP contribution in [0.3, 0.4) is 0 Å². The molecular weight excluding hydrogens is 194 g/mol. The van der Waals surface area contributed by atoms with Crippen molar-refractivity contribution in [2.45, 2.75) is 25.7 Å². The average molecular weight is 209 g/mol. The summed E-state index contributed by atoms with van der Waals surface area (Å²) < 4.78 is 4.62. The molecule has 3 N–H and O–H groups in total. The van der Waals surface area contributed by atoms with Crippen LogP contribution >= 0.6 is 0 Å². The van der Waals surface area contributed by atoms with Crippen molar-refractivity contribution in [3.63, 3.8) is 0 Å². The molecule has 1 fully saturated rings. The molecule has 0 saturated heterocycles. The molecule has 0 unspecified atom stereocenters. The molecule has 5 heteroatoms. The van der Waals surface area contributed by atoms with Crippen LogP contribution in [0, 0.1) is 5.41 Å². The van der Waals surface area contributed by atoms with Crippen molar-refractivity contribution in [1.82, 2.24) is 5.16 Å². The van der Waals surface area contributed by atoms with Gasteiger partial charge in [0.15, 0.2) is 0 Å². The number of carbonyl (C=O) groups is 1. The van der Waals surface area contributed by atoms with Crippen molar-refractivity contribution in [2.75, 3.05) is 11.9 Å². The Hall–Kier alpha value is -1.36. The van der Waals surface area contributed by atoms with Crippen LogP contribution in [-0.2, 0) is 4.79 Å². The standard InChI is InChI=1S/C10H15N3O2/c11-7-10(2-1-3-10)4-9(14)13-8-5-12-15-6-8/h5-6H,1-4,7,11H2,(H,13,14). The average Bonchev–Trinajstić information content (AvgIpc) is 2.64. The van der Waals surface area contributed by atoms with Gasteiger partial charge in [-0.15, -0.1) is 0 Å². The van der Waals surface area contributed by atoms with Crippen LogP contribution in [0.15, 0.2) is 17.0 Å². The molecule has 1 aromatic heterocycles. The third kappa shape index (κ3) is 2.18. The summed E-state index contributed by atoms with van der Waals surface area (Å²) in [5.74, 6) is -0.0108. The third-order valence-corrected chi connectivity index (χ3v) is 3.10. The second kappa shape index (κ2) is 4.02. The first-order chi connectivity index (χ1) is 7.24. The molecule has 1 heterocycles. The molecule has 1 aliphatic rings. The van der Waals surface area contributed by atoms with E-state index in [1.54, 1.807) is 0 Å². The fourth-order valence-corrected chi connectivity index (χ4v) is 1.94. The molecule has 1 amide bonds. The van der Waals surface area contributed by atoms with Crippen molar-refractivity contribution in [3.8, 4) is 0 Å². The van der Waals surface area contributed by atoms with E-state index in [-0.39, 0.29) is 11.3 Å². The van der Waals surface area contributed by atoms with Crippen molar-refractivity contribution in [3.05, 3.63) is 12.5 Å². The Morgan fingerprint density at radius 2 is 2.47 bits per heavy atom. The number of nitrogens with two attached hydrogens (primary N) is 1. The second-order valence-electron chi connectivity index (χ2n) is 4.20. The number of anilines is 1. The van der Waals surface area contributed by atoms with Gasteiger partial charge in [0, 0.05) is 6.42 Å². The van der Waals surface area contributed by atoms with Gasteiger partial charge in [0.2, 0.25) is 5.91 Å². The molecule has 2 rings (SSSR count). The Morgan fingerprint density at radius 1 is 1.67 bits per heavy atom. The minimum atomic E-state index is -0.0108. The van der Waals surface area contributed by atoms with Crippen LogP contribution in [0.5, 0.6) is 0 Å². The van der Waals surface area contributed by atoms with Gasteiger partial charge in [-0.3, -0.25) is 4.79 Å². The first kappa shape index (κ1) is 10.2. The van der Waals surface area contributed by atoms with E-state index in [2.05, 4.69) is 15.0 Å². The van der Waals surface area contributed by atoms with Gasteiger partial charge in [0.05, 0.1) is 6.20 Å². The summed E-state index contributed by atoms with van der Waals surface area (Å²) in [4.78, 5) is 11.6. The van der Waals surface area contributed by atoms with E-state index >= 15 is 0 Å². The summed E-state index contributed by atoms with van der Waals surface area (Å²) in [6.45, 7) is 0.587. The quantitative estimate of drug-likeness (QED) is 0.778. The Balaban J connectivity index is 1.87. The fourth-order valence-electron chi connectivity index (χ4n) is 1.94. The Labute approximate surface area is 88.0 Å². The molecule has 82 valence electrons. The summed E-state index contributed by atoms with van der Waals surface area (Å²) in [5, 5.41) is 6.24. The Morgan fingerprint density at radius 3 is 2.93 bits per heavy atom. The topological polar surface area (TPSA) is 81.2 Å². The summed E-state index contributed by atoms with van der Waals surface area (Å²) in [6.07, 6.45) is 6.68. The number of nitrogens with zero attached hydrogens (tertiary/aromatic N) is 1. The van der Waals surface area contributed by atoms with Crippen molar-refractivity contribution in [2.24, 2.45) is 11.1 Å². The van der Waals surface area contributed by atoms with Crippen LogP contribution in [-0.4, -0.2) is 17.6 Å². The number of hydrogen-bond donors (Lipinski definition) is 2. The molecule has 0 bridgehead atoms. The highest BCUT2D eigenvalue weighted by Crippen LogP contribution is 2.42. The second-order valence-corrected chi connectivity index (χ2v) is 4.20. The highest BCUT2D eigenvalue weighted by molar-refractivity contribution is 5.90. The van der Waals surface area contributed by atoms with Crippen LogP contribution < -0.4 is 11.1 Å². The molecule has 0 atom stereocenters. The summed E-state index contributed by atoms with van der Waals surface area (Å²) in [5.41, 5.74) is 6.33. The minimum Gasteiger partial charge on any atom is -0.363 e. The Kier molecular flexibility index (Phi) is 2.73. The molecular formula is C10H15N3O2. The summed E-state index contributed by atoms with van der Waals surface area (Å²) in [6, 6.07) is 0. The zero-order valence-corrected chi connectivity index (χ0v) is 8.53. The minimum absolute atomic E-state index is 0.0108. The monoisotopic (exact) mass is 209 g/mol. The Bertz CT molecular complexity index is 325. The van der Waals surface area contributed by atoms with Gasteiger partial charge >= 0.3 is 0 Å². The van der Waals surface area contributed by atoms with Crippen molar-refractivity contribution in [1.29, 1.82) is 0 Å². The highest BCUT2D eigenvalue weighted by Gasteiger charge is 2.37. The number of aromatic nitrogens is 1. The number of hydrogen-bond acceptors (Lipinski definition) is 4. The highest BCUT2D eigenvalue weighted by atomic mass is 16.5. The maximum Gasteiger partial charge on any atom is 0.225 e. The van der Waals surface area contributed by atoms with Crippen LogP contribution in [0.25, 0.3) is 0 Å². The number of amides is 1. The molecule has 1 aliphatic carbocycles. The zero-order valence-electron chi connectivity index (χ0n) is 8.53. The molecule has 1 saturated carbocycles. The first-order valence-corrected chi connectivity index (χ1v) is 5.13. The maximum absolute atomic E-state index is 11.6. The number of carbonyl (C=O) groups excluding carboxylic acids is 1. The van der Waals surface area contributed by atoms with Crippen molar-refractivity contribution < 1.29 is 9.32 Å². The van der Waals surface area contributed by atoms with Gasteiger partial charge in [-0.2, -0.15) is 0 Å². The van der Waals surface area contributed by atoms with Gasteiger partial charge < -0.3 is 15.6 Å². The normalized spacial score (nSPS) is 18.2. The molecule has 1 aromatic rings. The molecule has 0 spiro atoms. The molecule has 5 nitrogen and oxygen atoms in total. The van der Waals surface area contributed by atoms with Gasteiger partial charge in [0.1, 0.15) is 12.0 Å². The van der Waals surface area contributed by atoms with E-state index in [4.69, 9.17) is 5.73 Å². The van der Waals surface area contributed by atoms with Crippen LogP contribution in [0.2, 0.25) is 0 Å². The van der Waals surface area contributed by atoms with Gasteiger partial charge in [0.25, 0.3) is 0 Å². The van der Waals surface area contributed by atoms with E-state index in [1.807, 2.05) is 0 Å². The summed E-state index contributed by atoms with van der Waals surface area (Å²) >= 11 is 0. The predicted octanol–water partition coefficient (Wildman–Crippen LogP) is 1.13. The molecule has 0 aromatic carbocycles. The van der Waals surface area contributed by atoms with Crippen LogP contribution in [0.1, 0.15) is 25.7 Å². The van der Waals surface area contributed by atoms with Crippen molar-refractivity contribution >= 4 is 11.6 Å². The van der Waals surface area contributed by atoms with Crippen LogP contribution in [0.4, 0.5) is 5.69 Å².